The molecule has 1 atom stereocenters. The van der Waals surface area contributed by atoms with Gasteiger partial charge < -0.3 is 4.55 Å². The van der Waals surface area contributed by atoms with E-state index in [1.54, 1.807) is 0 Å². The molecule has 0 saturated heterocycles. The van der Waals surface area contributed by atoms with E-state index in [9.17, 15) is 8.60 Å². The first-order valence-electron chi connectivity index (χ1n) is 2.41. The highest BCUT2D eigenvalue weighted by Crippen LogP contribution is 1.90. The maximum absolute atomic E-state index is 11.3. The van der Waals surface area contributed by atoms with Crippen molar-refractivity contribution < 1.29 is 13.2 Å². The van der Waals surface area contributed by atoms with Gasteiger partial charge in [0.05, 0.1) is 6.67 Å². The molecule has 0 rings (SSSR count). The van der Waals surface area contributed by atoms with Crippen LogP contribution in [0, 0.1) is 0 Å². The monoisotopic (exact) mass is 140 g/mol. The molecule has 0 aromatic heterocycles. The Morgan fingerprint density at radius 3 is 2.50 bits per heavy atom. The van der Waals surface area contributed by atoms with E-state index in [-0.39, 0.29) is 5.75 Å². The van der Waals surface area contributed by atoms with Gasteiger partial charge in [0, 0.05) is 5.75 Å². The summed E-state index contributed by atoms with van der Waals surface area (Å²) in [6, 6.07) is 0. The minimum atomic E-state index is -1.73. The van der Waals surface area contributed by atoms with Crippen LogP contribution < -0.4 is 0 Å². The molecule has 50 valence electrons. The van der Waals surface area contributed by atoms with Gasteiger partial charge in [-0.1, -0.05) is 0 Å². The highest BCUT2D eigenvalue weighted by molar-refractivity contribution is 7.79. The first-order chi connectivity index (χ1) is 3.77. The number of hydrogen-bond acceptors (Lipinski definition) is 1. The van der Waals surface area contributed by atoms with E-state index in [2.05, 4.69) is 0 Å². The van der Waals surface area contributed by atoms with E-state index >= 15 is 0 Å². The summed E-state index contributed by atoms with van der Waals surface area (Å²) in [5, 5.41) is 0. The van der Waals surface area contributed by atoms with Crippen LogP contribution in [0.15, 0.2) is 0 Å². The molecule has 4 heteroatoms. The van der Waals surface area contributed by atoms with Crippen molar-refractivity contribution in [1.82, 2.24) is 0 Å². The maximum Gasteiger partial charge on any atom is 0.152 e. The first kappa shape index (κ1) is 8.04. The molecule has 1 N–H and O–H groups in total. The number of alkyl halides is 1. The average molecular weight is 140 g/mol. The summed E-state index contributed by atoms with van der Waals surface area (Å²) < 4.78 is 29.3. The van der Waals surface area contributed by atoms with E-state index in [0.717, 1.165) is 0 Å². The molecular weight excluding hydrogens is 131 g/mol. The fourth-order valence-electron chi connectivity index (χ4n) is 0.320. The van der Waals surface area contributed by atoms with Crippen molar-refractivity contribution in [3.8, 4) is 0 Å². The molecule has 1 unspecified atom stereocenters. The molecule has 0 aromatic carbocycles. The summed E-state index contributed by atoms with van der Waals surface area (Å²) in [7, 11) is 0. The van der Waals surface area contributed by atoms with E-state index in [1.807, 2.05) is 0 Å². The highest BCUT2D eigenvalue weighted by Gasteiger charge is 1.91. The minimum absolute atomic E-state index is 0.198. The molecule has 0 radical (unpaired) electrons. The van der Waals surface area contributed by atoms with Crippen molar-refractivity contribution in [3.63, 3.8) is 0 Å². The largest absolute Gasteiger partial charge is 0.306 e. The van der Waals surface area contributed by atoms with Crippen LogP contribution in [0.1, 0.15) is 12.8 Å². The Bertz CT molecular complexity index is 76.4. The number of rotatable bonds is 4. The van der Waals surface area contributed by atoms with E-state index in [4.69, 9.17) is 4.55 Å². The first-order valence-corrected chi connectivity index (χ1v) is 3.68. The van der Waals surface area contributed by atoms with Crippen molar-refractivity contribution >= 4 is 11.1 Å². The quantitative estimate of drug-likeness (QED) is 0.466. The molecule has 0 spiro atoms. The SMILES string of the molecule is O=S(O)CCCCF. The lowest BCUT2D eigenvalue weighted by Gasteiger charge is -1.89. The summed E-state index contributed by atoms with van der Waals surface area (Å²) >= 11 is -1.73. The van der Waals surface area contributed by atoms with Crippen LogP contribution in [0.25, 0.3) is 0 Å². The Balaban J connectivity index is 2.82. The molecule has 0 aromatic rings. The minimum Gasteiger partial charge on any atom is -0.306 e. The van der Waals surface area contributed by atoms with E-state index in [0.29, 0.717) is 12.8 Å². The summed E-state index contributed by atoms with van der Waals surface area (Å²) in [6.45, 7) is -0.392. The normalized spacial score (nSPS) is 13.8. The Hall–Kier alpha value is 0.0400. The Morgan fingerprint density at radius 1 is 1.50 bits per heavy atom. The van der Waals surface area contributed by atoms with Crippen LogP contribution >= 0.6 is 0 Å². The van der Waals surface area contributed by atoms with Gasteiger partial charge in [0.15, 0.2) is 11.1 Å². The second-order valence-electron chi connectivity index (χ2n) is 1.42. The molecule has 0 bridgehead atoms. The summed E-state index contributed by atoms with van der Waals surface area (Å²) in [6.07, 6.45) is 0.895. The average Bonchev–Trinajstić information content (AvgIpc) is 1.66. The molecular formula is C4H9FO2S. The third-order valence-electron chi connectivity index (χ3n) is 0.703. The fraction of sp³-hybridized carbons (Fsp3) is 1.00. The van der Waals surface area contributed by atoms with Gasteiger partial charge in [0.25, 0.3) is 0 Å². The zero-order valence-electron chi connectivity index (χ0n) is 4.47. The molecule has 0 aliphatic rings. The van der Waals surface area contributed by atoms with Gasteiger partial charge in [-0.3, -0.25) is 4.39 Å². The topological polar surface area (TPSA) is 37.3 Å². The zero-order valence-corrected chi connectivity index (χ0v) is 5.29. The van der Waals surface area contributed by atoms with Gasteiger partial charge >= 0.3 is 0 Å². The Labute approximate surface area is 50.4 Å². The molecule has 0 aliphatic heterocycles. The van der Waals surface area contributed by atoms with Gasteiger partial charge in [0.1, 0.15) is 0 Å². The number of halogens is 1. The van der Waals surface area contributed by atoms with Crippen molar-refractivity contribution in [1.29, 1.82) is 0 Å². The molecule has 2 nitrogen and oxygen atoms in total. The van der Waals surface area contributed by atoms with Crippen molar-refractivity contribution in [2.45, 2.75) is 12.8 Å². The lowest BCUT2D eigenvalue weighted by Crippen LogP contribution is -1.94. The molecule has 0 aliphatic carbocycles. The van der Waals surface area contributed by atoms with Crippen molar-refractivity contribution in [3.05, 3.63) is 0 Å². The predicted octanol–water partition coefficient (Wildman–Crippen LogP) is 0.958. The van der Waals surface area contributed by atoms with Gasteiger partial charge in [-0.15, -0.1) is 0 Å². The molecule has 0 heterocycles. The van der Waals surface area contributed by atoms with E-state index < -0.39 is 17.8 Å². The molecule has 0 amide bonds. The van der Waals surface area contributed by atoms with Crippen LogP contribution in [0.4, 0.5) is 4.39 Å². The lowest BCUT2D eigenvalue weighted by molar-refractivity contribution is 0.467. The summed E-state index contributed by atoms with van der Waals surface area (Å²) in [4.78, 5) is 0. The Kier molecular flexibility index (Phi) is 5.21. The molecule has 0 saturated carbocycles. The van der Waals surface area contributed by atoms with E-state index in [1.165, 1.54) is 0 Å². The van der Waals surface area contributed by atoms with Crippen LogP contribution in [0.2, 0.25) is 0 Å². The maximum atomic E-state index is 11.3. The lowest BCUT2D eigenvalue weighted by atomic mass is 10.4. The fourth-order valence-corrected chi connectivity index (χ4v) is 0.771. The van der Waals surface area contributed by atoms with Crippen molar-refractivity contribution in [2.75, 3.05) is 12.4 Å². The van der Waals surface area contributed by atoms with Crippen LogP contribution in [0.3, 0.4) is 0 Å². The Morgan fingerprint density at radius 2 is 2.12 bits per heavy atom. The van der Waals surface area contributed by atoms with Crippen LogP contribution in [0.5, 0.6) is 0 Å². The second-order valence-corrected chi connectivity index (χ2v) is 2.47. The summed E-state index contributed by atoms with van der Waals surface area (Å²) in [5.74, 6) is 0.198. The van der Waals surface area contributed by atoms with Gasteiger partial charge in [-0.25, -0.2) is 4.21 Å². The zero-order chi connectivity index (χ0) is 6.41. The van der Waals surface area contributed by atoms with Crippen LogP contribution in [-0.4, -0.2) is 21.2 Å². The molecule has 0 fully saturated rings. The summed E-state index contributed by atoms with van der Waals surface area (Å²) in [5.41, 5.74) is 0. The van der Waals surface area contributed by atoms with Gasteiger partial charge in [0.2, 0.25) is 0 Å². The number of hydrogen-bond donors (Lipinski definition) is 1. The predicted molar refractivity (Wildman–Crippen MR) is 30.8 cm³/mol. The third kappa shape index (κ3) is 6.04. The molecule has 8 heavy (non-hydrogen) atoms. The highest BCUT2D eigenvalue weighted by atomic mass is 32.2. The third-order valence-corrected chi connectivity index (χ3v) is 1.34. The standard InChI is InChI=1S/C4H9FO2S/c5-3-1-2-4-8(6)7/h1-4H2,(H,6,7). The smallest absolute Gasteiger partial charge is 0.152 e. The van der Waals surface area contributed by atoms with Gasteiger partial charge in [-0.05, 0) is 12.8 Å². The van der Waals surface area contributed by atoms with Crippen molar-refractivity contribution in [2.24, 2.45) is 0 Å². The number of unbranched alkanes of at least 4 members (excludes halogenated alkanes) is 1. The van der Waals surface area contributed by atoms with Crippen LogP contribution in [-0.2, 0) is 11.1 Å². The second kappa shape index (κ2) is 5.18. The van der Waals surface area contributed by atoms with Gasteiger partial charge in [-0.2, -0.15) is 0 Å².